The molecule has 0 aliphatic heterocycles. The van der Waals surface area contributed by atoms with E-state index in [1.165, 1.54) is 6.20 Å². The molecule has 5 nitrogen and oxygen atoms in total. The number of hydrogen-bond acceptors (Lipinski definition) is 5. The first-order chi connectivity index (χ1) is 6.38. The lowest BCUT2D eigenvalue weighted by Crippen LogP contribution is -2.07. The zero-order valence-electron chi connectivity index (χ0n) is 7.10. The smallest absolute Gasteiger partial charge is 0.251 e. The fourth-order valence-electron chi connectivity index (χ4n) is 0.763. The average molecular weight is 178 g/mol. The molecule has 1 aromatic rings. The maximum atomic E-state index is 8.65. The van der Waals surface area contributed by atoms with Gasteiger partial charge in [-0.1, -0.05) is 0 Å². The molecule has 0 aliphatic carbocycles. The van der Waals surface area contributed by atoms with Gasteiger partial charge in [-0.2, -0.15) is 10.4 Å². The van der Waals surface area contributed by atoms with Crippen LogP contribution in [0.25, 0.3) is 0 Å². The van der Waals surface area contributed by atoms with Crippen LogP contribution in [0.1, 0.15) is 12.0 Å². The number of nitriles is 1. The van der Waals surface area contributed by atoms with Crippen LogP contribution in [0.5, 0.6) is 5.88 Å². The summed E-state index contributed by atoms with van der Waals surface area (Å²) in [5.41, 5.74) is 5.68. The second kappa shape index (κ2) is 5.06. The van der Waals surface area contributed by atoms with E-state index in [1.54, 1.807) is 6.07 Å². The van der Waals surface area contributed by atoms with Gasteiger partial charge in [0.1, 0.15) is 11.6 Å². The highest BCUT2D eigenvalue weighted by atomic mass is 16.5. The fraction of sp³-hybridized carbons (Fsp3) is 0.375. The molecule has 0 saturated heterocycles. The van der Waals surface area contributed by atoms with Gasteiger partial charge in [-0.05, 0) is 19.0 Å². The Balaban J connectivity index is 2.60. The molecule has 0 aromatic carbocycles. The van der Waals surface area contributed by atoms with Gasteiger partial charge in [-0.25, -0.2) is 0 Å². The van der Waals surface area contributed by atoms with Crippen molar-refractivity contribution in [1.82, 2.24) is 10.2 Å². The van der Waals surface area contributed by atoms with Gasteiger partial charge >= 0.3 is 0 Å². The van der Waals surface area contributed by atoms with Crippen molar-refractivity contribution >= 4 is 0 Å². The van der Waals surface area contributed by atoms with Crippen LogP contribution in [0.15, 0.2) is 12.3 Å². The summed E-state index contributed by atoms with van der Waals surface area (Å²) < 4.78 is 5.19. The maximum Gasteiger partial charge on any atom is 0.251 e. The van der Waals surface area contributed by atoms with Crippen LogP contribution in [-0.4, -0.2) is 23.3 Å². The van der Waals surface area contributed by atoms with Crippen LogP contribution in [-0.2, 0) is 0 Å². The predicted molar refractivity (Wildman–Crippen MR) is 45.9 cm³/mol. The number of nitrogens with two attached hydrogens (primary N) is 1. The largest absolute Gasteiger partial charge is 0.476 e. The predicted octanol–water partition coefficient (Wildman–Crippen LogP) is 0.0759. The molecule has 13 heavy (non-hydrogen) atoms. The summed E-state index contributed by atoms with van der Waals surface area (Å²) in [5, 5.41) is 16.0. The van der Waals surface area contributed by atoms with Crippen molar-refractivity contribution in [3.05, 3.63) is 17.8 Å². The molecule has 0 amide bonds. The van der Waals surface area contributed by atoms with Crippen molar-refractivity contribution in [2.75, 3.05) is 13.2 Å². The summed E-state index contributed by atoms with van der Waals surface area (Å²) in [6, 6.07) is 3.52. The monoisotopic (exact) mass is 178 g/mol. The molecular formula is C8H10N4O. The molecule has 0 aliphatic rings. The second-order valence-corrected chi connectivity index (χ2v) is 2.35. The van der Waals surface area contributed by atoms with E-state index in [4.69, 9.17) is 15.7 Å². The van der Waals surface area contributed by atoms with E-state index in [2.05, 4.69) is 10.2 Å². The number of aromatic nitrogens is 2. The first-order valence-corrected chi connectivity index (χ1v) is 3.93. The Hall–Kier alpha value is -1.67. The Kier molecular flexibility index (Phi) is 3.67. The van der Waals surface area contributed by atoms with Crippen molar-refractivity contribution in [3.8, 4) is 11.9 Å². The van der Waals surface area contributed by atoms with E-state index in [-0.39, 0.29) is 5.88 Å². The number of ether oxygens (including phenoxy) is 1. The highest BCUT2D eigenvalue weighted by molar-refractivity contribution is 5.35. The molecule has 0 unspecified atom stereocenters. The SMILES string of the molecule is N#Cc1ccnnc1OCCCN. The molecule has 1 aromatic heterocycles. The zero-order chi connectivity index (χ0) is 9.52. The summed E-state index contributed by atoms with van der Waals surface area (Å²) in [6.07, 6.45) is 2.19. The minimum absolute atomic E-state index is 0.276. The van der Waals surface area contributed by atoms with Gasteiger partial charge in [-0.15, -0.1) is 5.10 Å². The summed E-state index contributed by atoms with van der Waals surface area (Å²) in [4.78, 5) is 0. The Morgan fingerprint density at radius 3 is 3.15 bits per heavy atom. The lowest BCUT2D eigenvalue weighted by Gasteiger charge is -2.03. The lowest BCUT2D eigenvalue weighted by molar-refractivity contribution is 0.297. The molecule has 0 bridgehead atoms. The lowest BCUT2D eigenvalue weighted by atomic mass is 10.3. The molecule has 0 spiro atoms. The van der Waals surface area contributed by atoms with Crippen LogP contribution in [0.3, 0.4) is 0 Å². The third-order valence-corrected chi connectivity index (χ3v) is 1.39. The highest BCUT2D eigenvalue weighted by Crippen LogP contribution is 2.10. The number of rotatable bonds is 4. The van der Waals surface area contributed by atoms with Gasteiger partial charge in [0.25, 0.3) is 5.88 Å². The van der Waals surface area contributed by atoms with Crippen LogP contribution in [0, 0.1) is 11.3 Å². The van der Waals surface area contributed by atoms with Crippen molar-refractivity contribution in [1.29, 1.82) is 5.26 Å². The first kappa shape index (κ1) is 9.42. The van der Waals surface area contributed by atoms with Gasteiger partial charge in [0.05, 0.1) is 12.8 Å². The van der Waals surface area contributed by atoms with Crippen molar-refractivity contribution in [2.45, 2.75) is 6.42 Å². The van der Waals surface area contributed by atoms with Crippen LogP contribution >= 0.6 is 0 Å². The number of hydrogen-bond donors (Lipinski definition) is 1. The summed E-state index contributed by atoms with van der Waals surface area (Å²) in [5.74, 6) is 0.276. The quantitative estimate of drug-likeness (QED) is 0.660. The Bertz CT molecular complexity index is 307. The third-order valence-electron chi connectivity index (χ3n) is 1.39. The fourth-order valence-corrected chi connectivity index (χ4v) is 0.763. The van der Waals surface area contributed by atoms with Crippen LogP contribution in [0.4, 0.5) is 0 Å². The Morgan fingerprint density at radius 2 is 2.46 bits per heavy atom. The molecule has 0 saturated carbocycles. The first-order valence-electron chi connectivity index (χ1n) is 3.93. The van der Waals surface area contributed by atoms with E-state index in [9.17, 15) is 0 Å². The Labute approximate surface area is 76.1 Å². The molecular weight excluding hydrogens is 168 g/mol. The average Bonchev–Trinajstić information content (AvgIpc) is 2.19. The van der Waals surface area contributed by atoms with Crippen molar-refractivity contribution < 1.29 is 4.74 Å². The molecule has 0 atom stereocenters. The molecule has 5 heteroatoms. The van der Waals surface area contributed by atoms with E-state index in [0.29, 0.717) is 18.7 Å². The maximum absolute atomic E-state index is 8.65. The second-order valence-electron chi connectivity index (χ2n) is 2.35. The summed E-state index contributed by atoms with van der Waals surface area (Å²) in [7, 11) is 0. The van der Waals surface area contributed by atoms with E-state index in [0.717, 1.165) is 6.42 Å². The number of nitrogens with zero attached hydrogens (tertiary/aromatic N) is 3. The molecule has 1 rings (SSSR count). The zero-order valence-corrected chi connectivity index (χ0v) is 7.10. The minimum atomic E-state index is 0.276. The van der Waals surface area contributed by atoms with Gasteiger partial charge in [0.15, 0.2) is 0 Å². The van der Waals surface area contributed by atoms with Crippen LogP contribution < -0.4 is 10.5 Å². The van der Waals surface area contributed by atoms with E-state index in [1.807, 2.05) is 6.07 Å². The van der Waals surface area contributed by atoms with Gasteiger partial charge in [0, 0.05) is 0 Å². The van der Waals surface area contributed by atoms with E-state index >= 15 is 0 Å². The van der Waals surface area contributed by atoms with E-state index < -0.39 is 0 Å². The van der Waals surface area contributed by atoms with Gasteiger partial charge in [0.2, 0.25) is 0 Å². The van der Waals surface area contributed by atoms with Gasteiger partial charge in [-0.3, -0.25) is 0 Å². The minimum Gasteiger partial charge on any atom is -0.476 e. The third kappa shape index (κ3) is 2.69. The molecule has 68 valence electrons. The van der Waals surface area contributed by atoms with Crippen LogP contribution in [0.2, 0.25) is 0 Å². The van der Waals surface area contributed by atoms with Crippen molar-refractivity contribution in [3.63, 3.8) is 0 Å². The van der Waals surface area contributed by atoms with Crippen molar-refractivity contribution in [2.24, 2.45) is 5.73 Å². The molecule has 0 radical (unpaired) electrons. The van der Waals surface area contributed by atoms with Gasteiger partial charge < -0.3 is 10.5 Å². The molecule has 0 fully saturated rings. The summed E-state index contributed by atoms with van der Waals surface area (Å²) >= 11 is 0. The summed E-state index contributed by atoms with van der Waals surface area (Å²) in [6.45, 7) is 1.02. The highest BCUT2D eigenvalue weighted by Gasteiger charge is 2.02. The topological polar surface area (TPSA) is 84.8 Å². The molecule has 2 N–H and O–H groups in total. The Morgan fingerprint density at radius 1 is 1.62 bits per heavy atom. The normalized spacial score (nSPS) is 9.23. The molecule has 1 heterocycles. The standard InChI is InChI=1S/C8H10N4O/c9-3-1-5-13-8-7(6-10)2-4-11-12-8/h2,4H,1,3,5,9H2.